The standard InChI is InChI=1S/C16H16N4O2S/c21-9-8-20(11-15-17-7-10-23-15)16(22)13-3-1-12(2-4-13)14-5-6-18-19-14/h1-7,10,21H,8-9,11H2,(H,18,19). The van der Waals surface area contributed by atoms with E-state index in [1.54, 1.807) is 29.4 Å². The number of benzene rings is 1. The van der Waals surface area contributed by atoms with Crippen molar-refractivity contribution >= 4 is 17.2 Å². The smallest absolute Gasteiger partial charge is 0.254 e. The summed E-state index contributed by atoms with van der Waals surface area (Å²) in [7, 11) is 0. The number of carbonyl (C=O) groups excluding carboxylic acids is 1. The van der Waals surface area contributed by atoms with Gasteiger partial charge in [-0.2, -0.15) is 5.10 Å². The second-order valence-corrected chi connectivity index (χ2v) is 5.90. The molecule has 2 aromatic heterocycles. The number of H-pyrrole nitrogens is 1. The lowest BCUT2D eigenvalue weighted by Crippen LogP contribution is -2.33. The van der Waals surface area contributed by atoms with Gasteiger partial charge in [0.05, 0.1) is 18.8 Å². The van der Waals surface area contributed by atoms with Gasteiger partial charge in [-0.25, -0.2) is 4.98 Å². The van der Waals surface area contributed by atoms with Crippen LogP contribution >= 0.6 is 11.3 Å². The summed E-state index contributed by atoms with van der Waals surface area (Å²) in [5.41, 5.74) is 2.45. The maximum Gasteiger partial charge on any atom is 0.254 e. The quantitative estimate of drug-likeness (QED) is 0.726. The number of hydrogen-bond acceptors (Lipinski definition) is 5. The van der Waals surface area contributed by atoms with Gasteiger partial charge < -0.3 is 10.0 Å². The Bertz CT molecular complexity index is 739. The van der Waals surface area contributed by atoms with Crippen LogP contribution in [0.5, 0.6) is 0 Å². The first kappa shape index (κ1) is 15.4. The fourth-order valence-electron chi connectivity index (χ4n) is 2.26. The van der Waals surface area contributed by atoms with Gasteiger partial charge >= 0.3 is 0 Å². The van der Waals surface area contributed by atoms with Crippen LogP contribution < -0.4 is 0 Å². The Hall–Kier alpha value is -2.51. The normalized spacial score (nSPS) is 10.7. The van der Waals surface area contributed by atoms with Crippen LogP contribution in [0.1, 0.15) is 15.4 Å². The third-order valence-electron chi connectivity index (χ3n) is 3.41. The molecule has 118 valence electrons. The summed E-state index contributed by atoms with van der Waals surface area (Å²) in [6, 6.07) is 9.19. The average Bonchev–Trinajstić information content (AvgIpc) is 3.28. The molecule has 0 aliphatic heterocycles. The number of amides is 1. The zero-order valence-corrected chi connectivity index (χ0v) is 13.2. The molecule has 3 aromatic rings. The highest BCUT2D eigenvalue weighted by molar-refractivity contribution is 7.09. The second kappa shape index (κ2) is 7.17. The predicted molar refractivity (Wildman–Crippen MR) is 88.0 cm³/mol. The minimum atomic E-state index is -0.120. The number of aromatic nitrogens is 3. The second-order valence-electron chi connectivity index (χ2n) is 4.92. The van der Waals surface area contributed by atoms with E-state index in [4.69, 9.17) is 0 Å². The number of thiazole rings is 1. The predicted octanol–water partition coefficient (Wildman–Crippen LogP) is 2.17. The molecule has 1 amide bonds. The Morgan fingerprint density at radius 3 is 2.65 bits per heavy atom. The Kier molecular flexibility index (Phi) is 4.80. The lowest BCUT2D eigenvalue weighted by molar-refractivity contribution is 0.0707. The van der Waals surface area contributed by atoms with Crippen molar-refractivity contribution in [2.45, 2.75) is 6.54 Å². The summed E-state index contributed by atoms with van der Waals surface area (Å²) < 4.78 is 0. The first-order valence-corrected chi connectivity index (χ1v) is 8.04. The van der Waals surface area contributed by atoms with Crippen LogP contribution in [0.3, 0.4) is 0 Å². The highest BCUT2D eigenvalue weighted by atomic mass is 32.1. The van der Waals surface area contributed by atoms with Gasteiger partial charge in [0.25, 0.3) is 5.91 Å². The van der Waals surface area contributed by atoms with E-state index in [9.17, 15) is 9.90 Å². The van der Waals surface area contributed by atoms with Crippen LogP contribution in [0.4, 0.5) is 0 Å². The van der Waals surface area contributed by atoms with E-state index in [0.29, 0.717) is 12.1 Å². The highest BCUT2D eigenvalue weighted by Gasteiger charge is 2.17. The number of nitrogens with one attached hydrogen (secondary N) is 1. The van der Waals surface area contributed by atoms with Crippen LogP contribution in [0.15, 0.2) is 48.1 Å². The molecule has 0 atom stereocenters. The van der Waals surface area contributed by atoms with Gasteiger partial charge in [0, 0.05) is 29.9 Å². The maximum absolute atomic E-state index is 12.6. The Balaban J connectivity index is 1.76. The maximum atomic E-state index is 12.6. The number of hydrogen-bond donors (Lipinski definition) is 2. The molecule has 0 radical (unpaired) electrons. The molecular formula is C16H16N4O2S. The third-order valence-corrected chi connectivity index (χ3v) is 4.17. The van der Waals surface area contributed by atoms with E-state index in [1.807, 2.05) is 23.6 Å². The third kappa shape index (κ3) is 3.64. The van der Waals surface area contributed by atoms with Crippen LogP contribution in [-0.2, 0) is 6.54 Å². The summed E-state index contributed by atoms with van der Waals surface area (Å²) in [4.78, 5) is 18.4. The van der Waals surface area contributed by atoms with E-state index in [-0.39, 0.29) is 19.1 Å². The van der Waals surface area contributed by atoms with Crippen molar-refractivity contribution in [2.24, 2.45) is 0 Å². The Morgan fingerprint density at radius 2 is 2.04 bits per heavy atom. The molecule has 0 fully saturated rings. The summed E-state index contributed by atoms with van der Waals surface area (Å²) >= 11 is 1.49. The van der Waals surface area contributed by atoms with E-state index < -0.39 is 0 Å². The molecule has 6 nitrogen and oxygen atoms in total. The van der Waals surface area contributed by atoms with Gasteiger partial charge in [0.2, 0.25) is 0 Å². The van der Waals surface area contributed by atoms with Crippen molar-refractivity contribution in [3.05, 3.63) is 58.7 Å². The van der Waals surface area contributed by atoms with Crippen LogP contribution in [-0.4, -0.2) is 44.2 Å². The molecule has 0 saturated carbocycles. The van der Waals surface area contributed by atoms with E-state index >= 15 is 0 Å². The Morgan fingerprint density at radius 1 is 1.22 bits per heavy atom. The van der Waals surface area contributed by atoms with E-state index in [2.05, 4.69) is 15.2 Å². The number of aromatic amines is 1. The fraction of sp³-hybridized carbons (Fsp3) is 0.188. The largest absolute Gasteiger partial charge is 0.395 e. The first-order chi connectivity index (χ1) is 11.3. The SMILES string of the molecule is O=C(c1ccc(-c2ccn[nH]2)cc1)N(CCO)Cc1nccs1. The highest BCUT2D eigenvalue weighted by Crippen LogP contribution is 2.18. The van der Waals surface area contributed by atoms with Crippen LogP contribution in [0, 0.1) is 0 Å². The molecule has 0 unspecified atom stereocenters. The summed E-state index contributed by atoms with van der Waals surface area (Å²) in [5.74, 6) is -0.120. The van der Waals surface area contributed by atoms with Crippen molar-refractivity contribution in [1.82, 2.24) is 20.1 Å². The summed E-state index contributed by atoms with van der Waals surface area (Å²) in [6.07, 6.45) is 3.40. The van der Waals surface area contributed by atoms with Crippen LogP contribution in [0.2, 0.25) is 0 Å². The van der Waals surface area contributed by atoms with Gasteiger partial charge in [-0.1, -0.05) is 12.1 Å². The van der Waals surface area contributed by atoms with E-state index in [1.165, 1.54) is 11.3 Å². The van der Waals surface area contributed by atoms with Crippen molar-refractivity contribution in [2.75, 3.05) is 13.2 Å². The minimum Gasteiger partial charge on any atom is -0.395 e. The zero-order chi connectivity index (χ0) is 16.1. The zero-order valence-electron chi connectivity index (χ0n) is 12.3. The van der Waals surface area contributed by atoms with Gasteiger partial charge in [-0.05, 0) is 23.8 Å². The van der Waals surface area contributed by atoms with Crippen molar-refractivity contribution < 1.29 is 9.90 Å². The molecule has 2 heterocycles. The molecule has 0 spiro atoms. The van der Waals surface area contributed by atoms with Crippen molar-refractivity contribution in [1.29, 1.82) is 0 Å². The number of carbonyl (C=O) groups is 1. The average molecular weight is 328 g/mol. The number of aliphatic hydroxyl groups excluding tert-OH is 1. The molecule has 1 aromatic carbocycles. The molecule has 0 saturated heterocycles. The molecule has 0 aliphatic rings. The van der Waals surface area contributed by atoms with Crippen molar-refractivity contribution in [3.63, 3.8) is 0 Å². The Labute approximate surface area is 137 Å². The van der Waals surface area contributed by atoms with E-state index in [0.717, 1.165) is 16.3 Å². The minimum absolute atomic E-state index is 0.0800. The van der Waals surface area contributed by atoms with Gasteiger partial charge in [-0.15, -0.1) is 11.3 Å². The molecule has 2 N–H and O–H groups in total. The summed E-state index contributed by atoms with van der Waals surface area (Å²) in [5, 5.41) is 18.7. The number of aliphatic hydroxyl groups is 1. The molecule has 3 rings (SSSR count). The number of rotatable bonds is 6. The van der Waals surface area contributed by atoms with Gasteiger partial charge in [0.15, 0.2) is 0 Å². The van der Waals surface area contributed by atoms with Crippen molar-refractivity contribution in [3.8, 4) is 11.3 Å². The lowest BCUT2D eigenvalue weighted by Gasteiger charge is -2.20. The van der Waals surface area contributed by atoms with Crippen LogP contribution in [0.25, 0.3) is 11.3 Å². The molecular weight excluding hydrogens is 312 g/mol. The molecule has 0 aliphatic carbocycles. The van der Waals surface area contributed by atoms with Gasteiger partial charge in [0.1, 0.15) is 5.01 Å². The molecule has 7 heteroatoms. The first-order valence-electron chi connectivity index (χ1n) is 7.16. The monoisotopic (exact) mass is 328 g/mol. The fourth-order valence-corrected chi connectivity index (χ4v) is 2.89. The molecule has 0 bridgehead atoms. The topological polar surface area (TPSA) is 82.1 Å². The number of nitrogens with zero attached hydrogens (tertiary/aromatic N) is 3. The lowest BCUT2D eigenvalue weighted by atomic mass is 10.1. The molecule has 23 heavy (non-hydrogen) atoms. The summed E-state index contributed by atoms with van der Waals surface area (Å²) in [6.45, 7) is 0.601. The van der Waals surface area contributed by atoms with Gasteiger partial charge in [-0.3, -0.25) is 9.89 Å².